The van der Waals surface area contributed by atoms with Crippen LogP contribution in [0.15, 0.2) is 28.7 Å². The molecule has 90 valence electrons. The van der Waals surface area contributed by atoms with Crippen LogP contribution in [-0.2, 0) is 4.74 Å². The molecule has 0 aliphatic heterocycles. The lowest BCUT2D eigenvalue weighted by Gasteiger charge is -2.24. The summed E-state index contributed by atoms with van der Waals surface area (Å²) < 4.78 is 7.03. The van der Waals surface area contributed by atoms with Crippen LogP contribution in [0.1, 0.15) is 32.4 Å². The lowest BCUT2D eigenvalue weighted by Crippen LogP contribution is -2.24. The van der Waals surface area contributed by atoms with Gasteiger partial charge in [0.2, 0.25) is 0 Å². The third-order valence-electron chi connectivity index (χ3n) is 2.78. The molecule has 3 heteroatoms. The highest BCUT2D eigenvalue weighted by Gasteiger charge is 2.18. The molecule has 2 nitrogen and oxygen atoms in total. The second-order valence-corrected chi connectivity index (χ2v) is 5.19. The van der Waals surface area contributed by atoms with Gasteiger partial charge in [0.15, 0.2) is 0 Å². The van der Waals surface area contributed by atoms with Crippen LogP contribution in [0.2, 0.25) is 0 Å². The van der Waals surface area contributed by atoms with E-state index in [1.165, 1.54) is 0 Å². The summed E-state index contributed by atoms with van der Waals surface area (Å²) in [5.74, 6) is 0.497. The Morgan fingerprint density at radius 3 is 2.38 bits per heavy atom. The summed E-state index contributed by atoms with van der Waals surface area (Å²) >= 11 is 3.53. The molecule has 0 fully saturated rings. The topological polar surface area (TPSA) is 35.2 Å². The predicted octanol–water partition coefficient (Wildman–Crippen LogP) is 3.51. The Balaban J connectivity index is 2.79. The highest BCUT2D eigenvalue weighted by atomic mass is 79.9. The van der Waals surface area contributed by atoms with E-state index in [0.29, 0.717) is 12.5 Å². The third-order valence-corrected chi connectivity index (χ3v) is 3.51. The normalized spacial score (nSPS) is 15.1. The zero-order chi connectivity index (χ0) is 12.1. The molecule has 1 aromatic carbocycles. The van der Waals surface area contributed by atoms with Gasteiger partial charge in [-0.3, -0.25) is 0 Å². The number of hydrogen-bond donors (Lipinski definition) is 1. The first kappa shape index (κ1) is 13.7. The van der Waals surface area contributed by atoms with E-state index in [0.717, 1.165) is 10.0 Å². The van der Waals surface area contributed by atoms with Gasteiger partial charge in [0.1, 0.15) is 0 Å². The summed E-state index contributed by atoms with van der Waals surface area (Å²) in [7, 11) is 0. The third kappa shape index (κ3) is 3.58. The highest BCUT2D eigenvalue weighted by Crippen LogP contribution is 2.27. The first-order valence-corrected chi connectivity index (χ1v) is 6.45. The molecule has 1 rings (SSSR count). The quantitative estimate of drug-likeness (QED) is 0.899. The predicted molar refractivity (Wildman–Crippen MR) is 71.3 cm³/mol. The van der Waals surface area contributed by atoms with Crippen molar-refractivity contribution in [2.45, 2.75) is 33.0 Å². The van der Waals surface area contributed by atoms with Crippen molar-refractivity contribution in [3.63, 3.8) is 0 Å². The molecular weight excluding hydrogens is 266 g/mol. The van der Waals surface area contributed by atoms with E-state index >= 15 is 0 Å². The van der Waals surface area contributed by atoms with Gasteiger partial charge in [0.25, 0.3) is 0 Å². The summed E-state index contributed by atoms with van der Waals surface area (Å²) in [5.41, 5.74) is 6.90. The van der Waals surface area contributed by atoms with E-state index in [4.69, 9.17) is 10.5 Å². The number of rotatable bonds is 5. The van der Waals surface area contributed by atoms with Crippen LogP contribution in [0.4, 0.5) is 0 Å². The average molecular weight is 286 g/mol. The van der Waals surface area contributed by atoms with Crippen LogP contribution in [0.25, 0.3) is 0 Å². The van der Waals surface area contributed by atoms with Gasteiger partial charge in [-0.15, -0.1) is 0 Å². The van der Waals surface area contributed by atoms with Crippen LogP contribution in [0.3, 0.4) is 0 Å². The van der Waals surface area contributed by atoms with E-state index in [2.05, 4.69) is 42.8 Å². The van der Waals surface area contributed by atoms with E-state index < -0.39 is 0 Å². The van der Waals surface area contributed by atoms with Crippen molar-refractivity contribution in [2.24, 2.45) is 11.7 Å². The Bertz CT molecular complexity index is 327. The SMILES string of the molecule is CC(C)C(C)OC(CN)c1ccccc1Br. The molecule has 2 atom stereocenters. The second-order valence-electron chi connectivity index (χ2n) is 4.33. The van der Waals surface area contributed by atoms with Gasteiger partial charge in [-0.2, -0.15) is 0 Å². The molecule has 0 radical (unpaired) electrons. The molecule has 0 heterocycles. The van der Waals surface area contributed by atoms with Crippen LogP contribution in [0.5, 0.6) is 0 Å². The van der Waals surface area contributed by atoms with Crippen molar-refractivity contribution in [1.29, 1.82) is 0 Å². The second kappa shape index (κ2) is 6.38. The molecule has 0 aliphatic carbocycles. The van der Waals surface area contributed by atoms with Crippen LogP contribution < -0.4 is 5.73 Å². The molecule has 0 aliphatic rings. The number of ether oxygens (including phenoxy) is 1. The lowest BCUT2D eigenvalue weighted by atomic mass is 10.1. The fourth-order valence-electron chi connectivity index (χ4n) is 1.41. The Morgan fingerprint density at radius 1 is 1.25 bits per heavy atom. The molecular formula is C13H20BrNO. The molecule has 0 spiro atoms. The van der Waals surface area contributed by atoms with E-state index in [9.17, 15) is 0 Å². The molecule has 0 saturated heterocycles. The maximum atomic E-state index is 5.97. The lowest BCUT2D eigenvalue weighted by molar-refractivity contribution is -0.0224. The fourth-order valence-corrected chi connectivity index (χ4v) is 1.95. The van der Waals surface area contributed by atoms with Crippen molar-refractivity contribution in [2.75, 3.05) is 6.54 Å². The molecule has 2 unspecified atom stereocenters. The first-order valence-electron chi connectivity index (χ1n) is 5.66. The van der Waals surface area contributed by atoms with Crippen molar-refractivity contribution < 1.29 is 4.74 Å². The van der Waals surface area contributed by atoms with Gasteiger partial charge in [-0.05, 0) is 24.5 Å². The summed E-state index contributed by atoms with van der Waals surface area (Å²) in [6.07, 6.45) is 0.175. The van der Waals surface area contributed by atoms with Gasteiger partial charge >= 0.3 is 0 Å². The van der Waals surface area contributed by atoms with Crippen molar-refractivity contribution in [3.05, 3.63) is 34.3 Å². The molecule has 0 amide bonds. The van der Waals surface area contributed by atoms with Crippen molar-refractivity contribution in [3.8, 4) is 0 Å². The molecule has 1 aromatic rings. The fraction of sp³-hybridized carbons (Fsp3) is 0.538. The molecule has 2 N–H and O–H groups in total. The van der Waals surface area contributed by atoms with E-state index in [1.807, 2.05) is 18.2 Å². The smallest absolute Gasteiger partial charge is 0.0961 e. The average Bonchev–Trinajstić information content (AvgIpc) is 2.26. The number of hydrogen-bond acceptors (Lipinski definition) is 2. The standard InChI is InChI=1S/C13H20BrNO/c1-9(2)10(3)16-13(8-15)11-6-4-5-7-12(11)14/h4-7,9-10,13H,8,15H2,1-3H3. The van der Waals surface area contributed by atoms with Gasteiger partial charge in [0.05, 0.1) is 12.2 Å². The van der Waals surface area contributed by atoms with Crippen molar-refractivity contribution >= 4 is 15.9 Å². The molecule has 0 saturated carbocycles. The Kier molecular flexibility index (Phi) is 5.46. The minimum absolute atomic E-state index is 0.0343. The summed E-state index contributed by atoms with van der Waals surface area (Å²) in [6.45, 7) is 6.89. The van der Waals surface area contributed by atoms with Crippen LogP contribution in [-0.4, -0.2) is 12.6 Å². The summed E-state index contributed by atoms with van der Waals surface area (Å²) in [5, 5.41) is 0. The Morgan fingerprint density at radius 2 is 1.88 bits per heavy atom. The van der Waals surface area contributed by atoms with Crippen LogP contribution >= 0.6 is 15.9 Å². The van der Waals surface area contributed by atoms with Gasteiger partial charge < -0.3 is 10.5 Å². The Hall–Kier alpha value is -0.380. The first-order chi connectivity index (χ1) is 7.56. The minimum Gasteiger partial charge on any atom is -0.369 e. The van der Waals surface area contributed by atoms with E-state index in [-0.39, 0.29) is 12.2 Å². The van der Waals surface area contributed by atoms with Gasteiger partial charge in [-0.1, -0.05) is 48.0 Å². The summed E-state index contributed by atoms with van der Waals surface area (Å²) in [6, 6.07) is 8.06. The zero-order valence-electron chi connectivity index (χ0n) is 10.1. The zero-order valence-corrected chi connectivity index (χ0v) is 11.7. The number of nitrogens with two attached hydrogens (primary N) is 1. The molecule has 0 bridgehead atoms. The van der Waals surface area contributed by atoms with Gasteiger partial charge in [-0.25, -0.2) is 0 Å². The number of halogens is 1. The Labute approximate surface area is 106 Å². The monoisotopic (exact) mass is 285 g/mol. The largest absolute Gasteiger partial charge is 0.369 e. The molecule has 0 aromatic heterocycles. The highest BCUT2D eigenvalue weighted by molar-refractivity contribution is 9.10. The number of benzene rings is 1. The summed E-state index contributed by atoms with van der Waals surface area (Å²) in [4.78, 5) is 0. The van der Waals surface area contributed by atoms with E-state index in [1.54, 1.807) is 0 Å². The van der Waals surface area contributed by atoms with Crippen LogP contribution in [0, 0.1) is 5.92 Å². The maximum absolute atomic E-state index is 5.97. The maximum Gasteiger partial charge on any atom is 0.0961 e. The van der Waals surface area contributed by atoms with Gasteiger partial charge in [0, 0.05) is 11.0 Å². The van der Waals surface area contributed by atoms with Crippen molar-refractivity contribution in [1.82, 2.24) is 0 Å². The molecule has 16 heavy (non-hydrogen) atoms. The minimum atomic E-state index is -0.0343.